The Morgan fingerprint density at radius 1 is 0.875 bits per heavy atom. The van der Waals surface area contributed by atoms with Gasteiger partial charge in [-0.15, -0.1) is 0 Å². The van der Waals surface area contributed by atoms with Crippen molar-refractivity contribution in [3.63, 3.8) is 0 Å². The highest BCUT2D eigenvalue weighted by Crippen LogP contribution is 2.42. The number of hydrogen-bond acceptors (Lipinski definition) is 5. The van der Waals surface area contributed by atoms with Crippen LogP contribution in [-0.4, -0.2) is 59.4 Å². The Bertz CT molecular complexity index is 1370. The molecule has 3 aliphatic rings. The third kappa shape index (κ3) is 8.75. The highest BCUT2D eigenvalue weighted by atomic mass is 19.3. The van der Waals surface area contributed by atoms with E-state index in [-0.39, 0.29) is 35.0 Å². The molecule has 1 aromatic heterocycles. The summed E-state index contributed by atoms with van der Waals surface area (Å²) >= 11 is 0. The van der Waals surface area contributed by atoms with E-state index in [1.54, 1.807) is 22.3 Å². The molecule has 0 radical (unpaired) electrons. The number of aromatic nitrogens is 2. The first-order chi connectivity index (χ1) is 23.1. The van der Waals surface area contributed by atoms with E-state index >= 15 is 4.39 Å². The molecule has 4 atom stereocenters. The van der Waals surface area contributed by atoms with Crippen molar-refractivity contribution >= 4 is 23.4 Å². The molecule has 2 aliphatic carbocycles. The molecule has 0 spiro atoms. The van der Waals surface area contributed by atoms with Crippen LogP contribution in [0.4, 0.5) is 23.2 Å². The van der Waals surface area contributed by atoms with Gasteiger partial charge in [-0.2, -0.15) is 5.10 Å². The predicted octanol–water partition coefficient (Wildman–Crippen LogP) is 6.24. The normalized spacial score (nSPS) is 21.4. The number of halogens is 4. The Morgan fingerprint density at radius 3 is 2.12 bits per heavy atom. The number of carbonyl (C=O) groups excluding carboxylic acids is 3. The molecule has 2 heterocycles. The van der Waals surface area contributed by atoms with Crippen molar-refractivity contribution in [2.24, 2.45) is 17.8 Å². The smallest absolute Gasteiger partial charge is 0.287 e. The molecule has 4 unspecified atom stereocenters. The van der Waals surface area contributed by atoms with Crippen LogP contribution >= 0.6 is 0 Å². The summed E-state index contributed by atoms with van der Waals surface area (Å²) in [4.78, 5) is 40.6. The van der Waals surface area contributed by atoms with Crippen LogP contribution in [0.5, 0.6) is 0 Å². The largest absolute Gasteiger partial charge is 0.339 e. The van der Waals surface area contributed by atoms with E-state index in [0.717, 1.165) is 89.7 Å². The minimum absolute atomic E-state index is 0.0116. The van der Waals surface area contributed by atoms with Gasteiger partial charge in [-0.3, -0.25) is 19.1 Å². The number of piperidine rings is 1. The van der Waals surface area contributed by atoms with E-state index in [1.165, 1.54) is 19.1 Å². The van der Waals surface area contributed by atoms with Gasteiger partial charge in [0.25, 0.3) is 12.3 Å². The highest BCUT2D eigenvalue weighted by Gasteiger charge is 2.42. The number of anilines is 1. The van der Waals surface area contributed by atoms with Crippen LogP contribution in [0.15, 0.2) is 30.5 Å². The van der Waals surface area contributed by atoms with Gasteiger partial charge in [0.15, 0.2) is 0 Å². The lowest BCUT2D eigenvalue weighted by atomic mass is 9.66. The van der Waals surface area contributed by atoms with Crippen molar-refractivity contribution in [1.82, 2.24) is 25.7 Å². The fraction of sp³-hybridized carbons (Fsp3) is 0.657. The Morgan fingerprint density at radius 2 is 1.54 bits per heavy atom. The molecule has 0 bridgehead atoms. The summed E-state index contributed by atoms with van der Waals surface area (Å²) in [5.41, 5.74) is 0.357. The van der Waals surface area contributed by atoms with Crippen molar-refractivity contribution in [2.45, 2.75) is 115 Å². The maximum absolute atomic E-state index is 15.5. The summed E-state index contributed by atoms with van der Waals surface area (Å²) in [6.45, 7) is 2.94. The van der Waals surface area contributed by atoms with Crippen LogP contribution in [0.3, 0.4) is 0 Å². The molecule has 264 valence electrons. The Hall–Kier alpha value is -3.48. The molecule has 13 heteroatoms. The highest BCUT2D eigenvalue weighted by molar-refractivity contribution is 6.01. The van der Waals surface area contributed by atoms with E-state index in [1.807, 2.05) is 0 Å². The van der Waals surface area contributed by atoms with Gasteiger partial charge in [0.1, 0.15) is 17.6 Å². The molecule has 2 saturated carbocycles. The van der Waals surface area contributed by atoms with Crippen LogP contribution in [0.2, 0.25) is 0 Å². The van der Waals surface area contributed by atoms with Gasteiger partial charge in [-0.1, -0.05) is 70.3 Å². The zero-order valence-corrected chi connectivity index (χ0v) is 27.5. The van der Waals surface area contributed by atoms with E-state index < -0.39 is 48.2 Å². The standard InChI is InChI=1S/C35H48F4N6O3/c1-21(33(46)44-32(39)31(37)38)24-14-15-27(26(36)19-24)42-35(48)30(29(22-9-4-2-5-10-22)23-11-6-3-7-12-23)43-34(47)28-16-18-41-45(28)25-13-8-17-40-20-25/h14-16,18-19,21-23,25,29-32,40H,2-13,17,20H2,1H3,(H,42,48)(H,43,47)(H,44,46). The molecule has 3 amide bonds. The third-order valence-electron chi connectivity index (χ3n) is 10.5. The summed E-state index contributed by atoms with van der Waals surface area (Å²) in [6, 6.07) is 4.46. The van der Waals surface area contributed by atoms with Gasteiger partial charge < -0.3 is 21.3 Å². The van der Waals surface area contributed by atoms with Crippen molar-refractivity contribution in [3.05, 3.63) is 47.5 Å². The number of alkyl halides is 3. The quantitative estimate of drug-likeness (QED) is 0.157. The molecule has 5 rings (SSSR count). The summed E-state index contributed by atoms with van der Waals surface area (Å²) in [7, 11) is 0. The Balaban J connectivity index is 1.41. The number of hydrogen-bond donors (Lipinski definition) is 4. The van der Waals surface area contributed by atoms with Gasteiger partial charge in [0.05, 0.1) is 17.6 Å². The van der Waals surface area contributed by atoms with Gasteiger partial charge in [0, 0.05) is 12.7 Å². The van der Waals surface area contributed by atoms with Gasteiger partial charge in [-0.05, 0) is 67.8 Å². The number of nitrogens with one attached hydrogen (secondary N) is 4. The number of amides is 3. The molecule has 3 fully saturated rings. The summed E-state index contributed by atoms with van der Waals surface area (Å²) < 4.78 is 55.8. The van der Waals surface area contributed by atoms with Gasteiger partial charge >= 0.3 is 0 Å². The summed E-state index contributed by atoms with van der Waals surface area (Å²) in [5.74, 6) is -3.60. The molecule has 2 aromatic rings. The van der Waals surface area contributed by atoms with E-state index in [4.69, 9.17) is 0 Å². The zero-order chi connectivity index (χ0) is 34.2. The lowest BCUT2D eigenvalue weighted by Crippen LogP contribution is -2.53. The number of rotatable bonds is 12. The molecule has 48 heavy (non-hydrogen) atoms. The lowest BCUT2D eigenvalue weighted by Gasteiger charge is -2.42. The molecule has 1 saturated heterocycles. The maximum Gasteiger partial charge on any atom is 0.287 e. The number of benzene rings is 1. The molecule has 9 nitrogen and oxygen atoms in total. The van der Waals surface area contributed by atoms with E-state index in [9.17, 15) is 27.6 Å². The van der Waals surface area contributed by atoms with Crippen LogP contribution in [0, 0.1) is 23.6 Å². The first kappa shape index (κ1) is 35.8. The summed E-state index contributed by atoms with van der Waals surface area (Å²) in [5, 5.41) is 15.2. The summed E-state index contributed by atoms with van der Waals surface area (Å²) in [6.07, 6.45) is 7.53. The first-order valence-corrected chi connectivity index (χ1v) is 17.5. The van der Waals surface area contributed by atoms with Crippen LogP contribution < -0.4 is 21.3 Å². The monoisotopic (exact) mass is 676 g/mol. The molecule has 1 aliphatic heterocycles. The van der Waals surface area contributed by atoms with Crippen molar-refractivity contribution in [3.8, 4) is 0 Å². The third-order valence-corrected chi connectivity index (χ3v) is 10.5. The SMILES string of the molecule is CC(C(=O)NC(F)C(F)F)c1ccc(NC(=O)C(NC(=O)c2ccnn2C2CCCNC2)C(C2CCCCC2)C2CCCCC2)c(F)c1. The Kier molecular flexibility index (Phi) is 12.5. The molecular formula is C35H48F4N6O3. The Labute approximate surface area is 279 Å². The number of nitrogens with zero attached hydrogens (tertiary/aromatic N) is 2. The fourth-order valence-corrected chi connectivity index (χ4v) is 7.93. The average Bonchev–Trinajstić information content (AvgIpc) is 3.60. The molecule has 1 aromatic carbocycles. The second-order valence-electron chi connectivity index (χ2n) is 13.7. The predicted molar refractivity (Wildman–Crippen MR) is 174 cm³/mol. The second-order valence-corrected chi connectivity index (χ2v) is 13.7. The van der Waals surface area contributed by atoms with Crippen LogP contribution in [0.1, 0.15) is 112 Å². The van der Waals surface area contributed by atoms with Crippen LogP contribution in [-0.2, 0) is 9.59 Å². The van der Waals surface area contributed by atoms with Gasteiger partial charge in [0.2, 0.25) is 18.1 Å². The lowest BCUT2D eigenvalue weighted by molar-refractivity contribution is -0.126. The second kappa shape index (κ2) is 16.8. The molecular weight excluding hydrogens is 628 g/mol. The zero-order valence-electron chi connectivity index (χ0n) is 27.5. The van der Waals surface area contributed by atoms with Crippen molar-refractivity contribution < 1.29 is 31.9 Å². The minimum Gasteiger partial charge on any atom is -0.339 e. The maximum atomic E-state index is 15.5. The van der Waals surface area contributed by atoms with E-state index in [2.05, 4.69) is 21.0 Å². The first-order valence-electron chi connectivity index (χ1n) is 17.5. The van der Waals surface area contributed by atoms with Crippen molar-refractivity contribution in [1.29, 1.82) is 0 Å². The minimum atomic E-state index is -3.39. The molecule has 4 N–H and O–H groups in total. The fourth-order valence-electron chi connectivity index (χ4n) is 7.93. The van der Waals surface area contributed by atoms with Crippen molar-refractivity contribution in [2.75, 3.05) is 18.4 Å². The number of carbonyl (C=O) groups is 3. The average molecular weight is 677 g/mol. The van der Waals surface area contributed by atoms with Crippen LogP contribution in [0.25, 0.3) is 0 Å². The van der Waals surface area contributed by atoms with Gasteiger partial charge in [-0.25, -0.2) is 17.6 Å². The topological polar surface area (TPSA) is 117 Å². The van der Waals surface area contributed by atoms with E-state index in [0.29, 0.717) is 12.2 Å².